The lowest BCUT2D eigenvalue weighted by Gasteiger charge is -2.05. The Balaban J connectivity index is 1.86. The van der Waals surface area contributed by atoms with Gasteiger partial charge in [-0.15, -0.1) is 0 Å². The monoisotopic (exact) mass is 299 g/mol. The molecule has 0 amide bonds. The Morgan fingerprint density at radius 2 is 1.86 bits per heavy atom. The summed E-state index contributed by atoms with van der Waals surface area (Å²) in [5, 5.41) is 8.59. The Morgan fingerprint density at radius 3 is 2.67 bits per heavy atom. The minimum Gasteiger partial charge on any atom is -0.279 e. The summed E-state index contributed by atoms with van der Waals surface area (Å²) in [5.41, 5.74) is 2.10. The van der Waals surface area contributed by atoms with Gasteiger partial charge in [0.15, 0.2) is 0 Å². The summed E-state index contributed by atoms with van der Waals surface area (Å²) >= 11 is 0. The summed E-state index contributed by atoms with van der Waals surface area (Å²) < 4.78 is 26.8. The molecule has 0 atom stereocenters. The van der Waals surface area contributed by atoms with Gasteiger partial charge in [-0.25, -0.2) is 8.42 Å². The highest BCUT2D eigenvalue weighted by Gasteiger charge is 2.09. The van der Waals surface area contributed by atoms with Crippen LogP contribution in [0.5, 0.6) is 0 Å². The standard InChI is InChI=1S/C15H13N3O2S/c19-21(20,10-9-12-5-2-1-3-6-12)18-15-8-4-7-14-13(15)11-16-17-14/h1-11,18H,(H,16,17)/b10-9+. The van der Waals surface area contributed by atoms with Crippen LogP contribution in [0.3, 0.4) is 0 Å². The van der Waals surface area contributed by atoms with E-state index in [9.17, 15) is 8.42 Å². The normalized spacial score (nSPS) is 12.0. The number of H-pyrrole nitrogens is 1. The fourth-order valence-corrected chi connectivity index (χ4v) is 2.87. The van der Waals surface area contributed by atoms with E-state index in [0.29, 0.717) is 5.69 Å². The van der Waals surface area contributed by atoms with E-state index in [1.807, 2.05) is 36.4 Å². The fraction of sp³-hybridized carbons (Fsp3) is 0. The molecule has 0 radical (unpaired) electrons. The summed E-state index contributed by atoms with van der Waals surface area (Å²) in [4.78, 5) is 0. The average Bonchev–Trinajstić information content (AvgIpc) is 2.96. The summed E-state index contributed by atoms with van der Waals surface area (Å²) in [7, 11) is -3.57. The van der Waals surface area contributed by atoms with Gasteiger partial charge in [0.25, 0.3) is 10.0 Å². The van der Waals surface area contributed by atoms with Crippen molar-refractivity contribution in [2.45, 2.75) is 0 Å². The van der Waals surface area contributed by atoms with E-state index in [2.05, 4.69) is 14.9 Å². The number of sulfonamides is 1. The van der Waals surface area contributed by atoms with E-state index in [-0.39, 0.29) is 0 Å². The highest BCUT2D eigenvalue weighted by atomic mass is 32.2. The number of benzene rings is 2. The van der Waals surface area contributed by atoms with Crippen LogP contribution < -0.4 is 4.72 Å². The predicted molar refractivity (Wildman–Crippen MR) is 84.1 cm³/mol. The highest BCUT2D eigenvalue weighted by Crippen LogP contribution is 2.22. The zero-order chi connectivity index (χ0) is 14.7. The van der Waals surface area contributed by atoms with Crippen molar-refractivity contribution in [1.29, 1.82) is 0 Å². The number of hydrogen-bond donors (Lipinski definition) is 2. The van der Waals surface area contributed by atoms with Gasteiger partial charge in [-0.2, -0.15) is 5.10 Å². The molecule has 0 bridgehead atoms. The van der Waals surface area contributed by atoms with Crippen LogP contribution in [0, 0.1) is 0 Å². The van der Waals surface area contributed by atoms with Gasteiger partial charge < -0.3 is 0 Å². The van der Waals surface area contributed by atoms with Crippen LogP contribution >= 0.6 is 0 Å². The molecule has 0 unspecified atom stereocenters. The fourth-order valence-electron chi connectivity index (χ4n) is 1.98. The molecular weight excluding hydrogens is 286 g/mol. The molecule has 21 heavy (non-hydrogen) atoms. The van der Waals surface area contributed by atoms with E-state index in [1.54, 1.807) is 24.4 Å². The average molecular weight is 299 g/mol. The number of fused-ring (bicyclic) bond motifs is 1. The van der Waals surface area contributed by atoms with Crippen molar-refractivity contribution >= 4 is 32.7 Å². The molecule has 0 aliphatic rings. The molecule has 106 valence electrons. The van der Waals surface area contributed by atoms with Crippen molar-refractivity contribution in [3.63, 3.8) is 0 Å². The van der Waals surface area contributed by atoms with E-state index in [4.69, 9.17) is 0 Å². The van der Waals surface area contributed by atoms with Crippen LogP contribution in [0.25, 0.3) is 17.0 Å². The molecule has 0 saturated carbocycles. The zero-order valence-electron chi connectivity index (χ0n) is 11.0. The van der Waals surface area contributed by atoms with Gasteiger partial charge in [-0.3, -0.25) is 9.82 Å². The molecule has 6 heteroatoms. The molecule has 3 rings (SSSR count). The maximum absolute atomic E-state index is 12.1. The van der Waals surface area contributed by atoms with E-state index < -0.39 is 10.0 Å². The quantitative estimate of drug-likeness (QED) is 0.777. The van der Waals surface area contributed by atoms with Crippen LogP contribution in [0.4, 0.5) is 5.69 Å². The lowest BCUT2D eigenvalue weighted by atomic mass is 10.2. The van der Waals surface area contributed by atoms with Gasteiger partial charge in [0, 0.05) is 5.39 Å². The van der Waals surface area contributed by atoms with E-state index in [0.717, 1.165) is 21.9 Å². The lowest BCUT2D eigenvalue weighted by Crippen LogP contribution is -2.08. The van der Waals surface area contributed by atoms with E-state index >= 15 is 0 Å². The van der Waals surface area contributed by atoms with Crippen molar-refractivity contribution in [3.05, 3.63) is 65.7 Å². The largest absolute Gasteiger partial charge is 0.279 e. The zero-order valence-corrected chi connectivity index (χ0v) is 11.8. The molecule has 2 aromatic carbocycles. The van der Waals surface area contributed by atoms with Crippen LogP contribution in [0.15, 0.2) is 60.1 Å². The Hall–Kier alpha value is -2.60. The minimum atomic E-state index is -3.57. The maximum atomic E-state index is 12.1. The molecule has 0 saturated heterocycles. The second-order valence-electron chi connectivity index (χ2n) is 4.50. The second-order valence-corrected chi connectivity index (χ2v) is 6.06. The van der Waals surface area contributed by atoms with Crippen molar-refractivity contribution in [3.8, 4) is 0 Å². The molecule has 0 spiro atoms. The summed E-state index contributed by atoms with van der Waals surface area (Å²) in [5.74, 6) is 0. The first-order chi connectivity index (χ1) is 10.1. The van der Waals surface area contributed by atoms with Crippen LogP contribution in [-0.4, -0.2) is 18.6 Å². The SMILES string of the molecule is O=S(=O)(/C=C/c1ccccc1)Nc1cccc2[nH]ncc12. The summed E-state index contributed by atoms with van der Waals surface area (Å²) in [6.45, 7) is 0. The number of anilines is 1. The Morgan fingerprint density at radius 1 is 1.05 bits per heavy atom. The Kier molecular flexibility index (Phi) is 3.45. The summed E-state index contributed by atoms with van der Waals surface area (Å²) in [6.07, 6.45) is 3.14. The molecule has 3 aromatic rings. The first kappa shape index (κ1) is 13.4. The number of hydrogen-bond acceptors (Lipinski definition) is 3. The molecule has 0 aliphatic heterocycles. The second kappa shape index (κ2) is 5.41. The van der Waals surface area contributed by atoms with Gasteiger partial charge >= 0.3 is 0 Å². The van der Waals surface area contributed by atoms with Crippen molar-refractivity contribution in [2.24, 2.45) is 0 Å². The third-order valence-corrected chi connectivity index (χ3v) is 3.98. The smallest absolute Gasteiger partial charge is 0.255 e. The van der Waals surface area contributed by atoms with Gasteiger partial charge in [-0.1, -0.05) is 36.4 Å². The minimum absolute atomic E-state index is 0.499. The predicted octanol–water partition coefficient (Wildman–Crippen LogP) is 2.98. The number of rotatable bonds is 4. The first-order valence-corrected chi connectivity index (χ1v) is 7.87. The first-order valence-electron chi connectivity index (χ1n) is 6.32. The third kappa shape index (κ3) is 3.11. The van der Waals surface area contributed by atoms with E-state index in [1.165, 1.54) is 0 Å². The number of nitrogens with one attached hydrogen (secondary N) is 2. The molecule has 1 aromatic heterocycles. The van der Waals surface area contributed by atoms with Crippen LogP contribution in [-0.2, 0) is 10.0 Å². The van der Waals surface area contributed by atoms with Gasteiger partial charge in [0.2, 0.25) is 0 Å². The van der Waals surface area contributed by atoms with Crippen LogP contribution in [0.2, 0.25) is 0 Å². The van der Waals surface area contributed by atoms with Gasteiger partial charge in [-0.05, 0) is 23.8 Å². The van der Waals surface area contributed by atoms with Crippen LogP contribution in [0.1, 0.15) is 5.56 Å². The Labute approximate surface area is 122 Å². The van der Waals surface area contributed by atoms with Crippen molar-refractivity contribution in [1.82, 2.24) is 10.2 Å². The van der Waals surface area contributed by atoms with Crippen molar-refractivity contribution in [2.75, 3.05) is 4.72 Å². The number of aromatic nitrogens is 2. The molecular formula is C15H13N3O2S. The maximum Gasteiger partial charge on any atom is 0.255 e. The third-order valence-electron chi connectivity index (χ3n) is 2.98. The molecule has 0 fully saturated rings. The topological polar surface area (TPSA) is 74.8 Å². The number of aromatic amines is 1. The van der Waals surface area contributed by atoms with Gasteiger partial charge in [0.05, 0.1) is 22.8 Å². The summed E-state index contributed by atoms with van der Waals surface area (Å²) in [6, 6.07) is 14.6. The molecule has 0 aliphatic carbocycles. The lowest BCUT2D eigenvalue weighted by molar-refractivity contribution is 0.609. The molecule has 2 N–H and O–H groups in total. The molecule has 5 nitrogen and oxygen atoms in total. The molecule has 1 heterocycles. The highest BCUT2D eigenvalue weighted by molar-refractivity contribution is 7.95. The van der Waals surface area contributed by atoms with Gasteiger partial charge in [0.1, 0.15) is 0 Å². The van der Waals surface area contributed by atoms with Crippen molar-refractivity contribution < 1.29 is 8.42 Å². The number of nitrogens with zero attached hydrogens (tertiary/aromatic N) is 1. The Bertz CT molecular complexity index is 883.